The van der Waals surface area contributed by atoms with Gasteiger partial charge >= 0.3 is 0 Å². The predicted octanol–water partition coefficient (Wildman–Crippen LogP) is 5.16. The molecule has 2 aromatic carbocycles. The molecule has 0 aliphatic heterocycles. The van der Waals surface area contributed by atoms with Crippen molar-refractivity contribution < 1.29 is 4.79 Å². The SMILES string of the molecule is Cc1nc2ccccc2c(C)c1CC(=O)Nc1ccc(C(C)C)cc1. The number of nitrogens with one attached hydrogen (secondary N) is 1. The number of aryl methyl sites for hydroxylation is 2. The molecule has 0 bridgehead atoms. The van der Waals surface area contributed by atoms with Crippen LogP contribution in [0.15, 0.2) is 48.5 Å². The fraction of sp³-hybridized carbons (Fsp3) is 0.273. The lowest BCUT2D eigenvalue weighted by Crippen LogP contribution is -2.16. The summed E-state index contributed by atoms with van der Waals surface area (Å²) in [6.07, 6.45) is 0.335. The van der Waals surface area contributed by atoms with Crippen LogP contribution in [0.2, 0.25) is 0 Å². The van der Waals surface area contributed by atoms with Crippen molar-refractivity contribution in [2.24, 2.45) is 0 Å². The van der Waals surface area contributed by atoms with Crippen LogP contribution in [0.25, 0.3) is 10.9 Å². The van der Waals surface area contributed by atoms with E-state index in [1.165, 1.54) is 5.56 Å². The standard InChI is InChI=1S/C22H24N2O/c1-14(2)17-9-11-18(12-10-17)24-22(25)13-20-15(3)19-7-5-6-8-21(19)23-16(20)4/h5-12,14H,13H2,1-4H3,(H,24,25). The van der Waals surface area contributed by atoms with Gasteiger partial charge in [0.25, 0.3) is 0 Å². The number of nitrogens with zero attached hydrogens (tertiary/aromatic N) is 1. The van der Waals surface area contributed by atoms with Crippen molar-refractivity contribution in [1.82, 2.24) is 4.98 Å². The van der Waals surface area contributed by atoms with Crippen molar-refractivity contribution >= 4 is 22.5 Å². The minimum Gasteiger partial charge on any atom is -0.326 e. The summed E-state index contributed by atoms with van der Waals surface area (Å²) in [5, 5.41) is 4.10. The fourth-order valence-corrected chi connectivity index (χ4v) is 3.15. The highest BCUT2D eigenvalue weighted by atomic mass is 16.1. The second kappa shape index (κ2) is 7.06. The number of amides is 1. The van der Waals surface area contributed by atoms with Gasteiger partial charge in [-0.2, -0.15) is 0 Å². The number of fused-ring (bicyclic) bond motifs is 1. The molecule has 1 amide bonds. The molecule has 3 heteroatoms. The van der Waals surface area contributed by atoms with Gasteiger partial charge in [-0.15, -0.1) is 0 Å². The number of carbonyl (C=O) groups is 1. The van der Waals surface area contributed by atoms with E-state index in [9.17, 15) is 4.79 Å². The lowest BCUT2D eigenvalue weighted by Gasteiger charge is -2.13. The molecule has 0 saturated heterocycles. The molecule has 25 heavy (non-hydrogen) atoms. The maximum atomic E-state index is 12.5. The van der Waals surface area contributed by atoms with Crippen LogP contribution in [-0.2, 0) is 11.2 Å². The minimum atomic E-state index is -0.0134. The van der Waals surface area contributed by atoms with Gasteiger partial charge in [0.2, 0.25) is 5.91 Å². The van der Waals surface area contributed by atoms with Gasteiger partial charge in [-0.25, -0.2) is 0 Å². The molecular formula is C22H24N2O. The minimum absolute atomic E-state index is 0.0134. The average Bonchev–Trinajstić information content (AvgIpc) is 2.59. The second-order valence-corrected chi connectivity index (χ2v) is 6.82. The van der Waals surface area contributed by atoms with Crippen LogP contribution in [0.5, 0.6) is 0 Å². The summed E-state index contributed by atoms with van der Waals surface area (Å²) in [4.78, 5) is 17.1. The number of rotatable bonds is 4. The summed E-state index contributed by atoms with van der Waals surface area (Å²) in [7, 11) is 0. The van der Waals surface area contributed by atoms with Gasteiger partial charge in [0.05, 0.1) is 11.9 Å². The molecule has 0 atom stereocenters. The molecule has 3 rings (SSSR count). The fourth-order valence-electron chi connectivity index (χ4n) is 3.15. The average molecular weight is 332 g/mol. The normalized spacial score (nSPS) is 11.1. The maximum Gasteiger partial charge on any atom is 0.228 e. The van der Waals surface area contributed by atoms with Gasteiger partial charge in [0, 0.05) is 16.8 Å². The Balaban J connectivity index is 1.80. The molecule has 3 nitrogen and oxygen atoms in total. The summed E-state index contributed by atoms with van der Waals surface area (Å²) < 4.78 is 0. The first-order chi connectivity index (χ1) is 12.0. The largest absolute Gasteiger partial charge is 0.326 e. The Bertz CT molecular complexity index is 911. The molecule has 0 saturated carbocycles. The highest BCUT2D eigenvalue weighted by Crippen LogP contribution is 2.23. The van der Waals surface area contributed by atoms with Crippen LogP contribution in [0.3, 0.4) is 0 Å². The summed E-state index contributed by atoms with van der Waals surface area (Å²) in [6.45, 7) is 8.36. The van der Waals surface area contributed by atoms with Gasteiger partial charge in [-0.1, -0.05) is 44.2 Å². The van der Waals surface area contributed by atoms with Gasteiger partial charge in [0.15, 0.2) is 0 Å². The van der Waals surface area contributed by atoms with Gasteiger partial charge in [0.1, 0.15) is 0 Å². The van der Waals surface area contributed by atoms with Crippen LogP contribution in [-0.4, -0.2) is 10.9 Å². The summed E-state index contributed by atoms with van der Waals surface area (Å²) in [5.41, 5.74) is 6.14. The Labute approximate surface area is 149 Å². The molecule has 0 aliphatic rings. The molecule has 0 unspecified atom stereocenters. The Morgan fingerprint density at radius 3 is 2.40 bits per heavy atom. The summed E-state index contributed by atoms with van der Waals surface area (Å²) >= 11 is 0. The van der Waals surface area contributed by atoms with Crippen molar-refractivity contribution in [3.05, 3.63) is 70.9 Å². The molecule has 0 spiro atoms. The zero-order chi connectivity index (χ0) is 18.0. The van der Waals surface area contributed by atoms with Crippen LogP contribution >= 0.6 is 0 Å². The van der Waals surface area contributed by atoms with E-state index in [1.54, 1.807) is 0 Å². The van der Waals surface area contributed by atoms with Crippen molar-refractivity contribution in [3.8, 4) is 0 Å². The lowest BCUT2D eigenvalue weighted by atomic mass is 9.99. The first-order valence-corrected chi connectivity index (χ1v) is 8.70. The van der Waals surface area contributed by atoms with E-state index in [0.717, 1.165) is 33.4 Å². The highest BCUT2D eigenvalue weighted by molar-refractivity contribution is 5.94. The van der Waals surface area contributed by atoms with Gasteiger partial charge < -0.3 is 5.32 Å². The first kappa shape index (κ1) is 17.2. The second-order valence-electron chi connectivity index (χ2n) is 6.82. The zero-order valence-corrected chi connectivity index (χ0v) is 15.3. The van der Waals surface area contributed by atoms with Crippen LogP contribution < -0.4 is 5.32 Å². The van der Waals surface area contributed by atoms with Crippen LogP contribution in [0.1, 0.15) is 42.1 Å². The smallest absolute Gasteiger partial charge is 0.228 e. The Morgan fingerprint density at radius 2 is 1.72 bits per heavy atom. The third-order valence-corrected chi connectivity index (χ3v) is 4.68. The number of anilines is 1. The lowest BCUT2D eigenvalue weighted by molar-refractivity contribution is -0.115. The Kier molecular flexibility index (Phi) is 4.84. The number of hydrogen-bond acceptors (Lipinski definition) is 2. The van der Waals surface area contributed by atoms with Gasteiger partial charge in [-0.3, -0.25) is 9.78 Å². The van der Waals surface area contributed by atoms with E-state index in [4.69, 9.17) is 0 Å². The van der Waals surface area contributed by atoms with Crippen LogP contribution in [0.4, 0.5) is 5.69 Å². The van der Waals surface area contributed by atoms with E-state index < -0.39 is 0 Å². The Hall–Kier alpha value is -2.68. The van der Waals surface area contributed by atoms with E-state index >= 15 is 0 Å². The number of pyridine rings is 1. The number of carbonyl (C=O) groups excluding carboxylic acids is 1. The summed E-state index contributed by atoms with van der Waals surface area (Å²) in [6, 6.07) is 16.1. The monoisotopic (exact) mass is 332 g/mol. The molecule has 0 aliphatic carbocycles. The predicted molar refractivity (Wildman–Crippen MR) is 104 cm³/mol. The number of para-hydroxylation sites is 1. The van der Waals surface area contributed by atoms with E-state index in [-0.39, 0.29) is 5.91 Å². The van der Waals surface area contributed by atoms with Crippen molar-refractivity contribution in [2.45, 2.75) is 40.0 Å². The van der Waals surface area contributed by atoms with E-state index in [0.29, 0.717) is 12.3 Å². The first-order valence-electron chi connectivity index (χ1n) is 8.70. The third kappa shape index (κ3) is 3.71. The molecule has 1 heterocycles. The molecule has 1 aromatic heterocycles. The molecule has 128 valence electrons. The quantitative estimate of drug-likeness (QED) is 0.717. The third-order valence-electron chi connectivity index (χ3n) is 4.68. The molecular weight excluding hydrogens is 308 g/mol. The van der Waals surface area contributed by atoms with Crippen LogP contribution in [0, 0.1) is 13.8 Å². The highest BCUT2D eigenvalue weighted by Gasteiger charge is 2.13. The maximum absolute atomic E-state index is 12.5. The van der Waals surface area contributed by atoms with Crippen molar-refractivity contribution in [2.75, 3.05) is 5.32 Å². The number of benzene rings is 2. The molecule has 3 aromatic rings. The van der Waals surface area contributed by atoms with E-state index in [2.05, 4.69) is 49.3 Å². The number of hydrogen-bond donors (Lipinski definition) is 1. The van der Waals surface area contributed by atoms with Gasteiger partial charge in [-0.05, 0) is 54.7 Å². The zero-order valence-electron chi connectivity index (χ0n) is 15.3. The molecule has 1 N–H and O–H groups in total. The summed E-state index contributed by atoms with van der Waals surface area (Å²) in [5.74, 6) is 0.472. The topological polar surface area (TPSA) is 42.0 Å². The Morgan fingerprint density at radius 1 is 1.04 bits per heavy atom. The van der Waals surface area contributed by atoms with Crippen molar-refractivity contribution in [3.63, 3.8) is 0 Å². The number of aromatic nitrogens is 1. The van der Waals surface area contributed by atoms with E-state index in [1.807, 2.05) is 37.3 Å². The molecule has 0 radical (unpaired) electrons. The molecule has 0 fully saturated rings. The van der Waals surface area contributed by atoms with Crippen molar-refractivity contribution in [1.29, 1.82) is 0 Å².